The molecule has 0 atom stereocenters. The van der Waals surface area contributed by atoms with Crippen LogP contribution in [0.5, 0.6) is 0 Å². The second kappa shape index (κ2) is 6.77. The quantitative estimate of drug-likeness (QED) is 0.632. The average Bonchev–Trinajstić information content (AvgIpc) is 2.38. The van der Waals surface area contributed by atoms with Gasteiger partial charge in [-0.15, -0.1) is 0 Å². The van der Waals surface area contributed by atoms with Crippen LogP contribution in [0.3, 0.4) is 0 Å². The van der Waals surface area contributed by atoms with Crippen LogP contribution in [0.15, 0.2) is 11.6 Å². The van der Waals surface area contributed by atoms with Crippen molar-refractivity contribution in [2.24, 2.45) is 0 Å². The minimum Gasteiger partial charge on any atom is -0.382 e. The van der Waals surface area contributed by atoms with Gasteiger partial charge in [0.05, 0.1) is 0 Å². The summed E-state index contributed by atoms with van der Waals surface area (Å²) < 4.78 is 5.27. The van der Waals surface area contributed by atoms with Crippen molar-refractivity contribution in [3.63, 3.8) is 0 Å². The molecule has 1 rings (SSSR count). The minimum absolute atomic E-state index is 0.314. The molecule has 0 saturated carbocycles. The standard InChI is InChI=1S/C12H20O2/c1-2-14-9-5-7-11-6-3-4-8-12(13)10-11/h10H,2-9H2,1H3. The molecule has 0 aromatic heterocycles. The van der Waals surface area contributed by atoms with Crippen LogP contribution in [-0.4, -0.2) is 19.0 Å². The predicted octanol–water partition coefficient (Wildman–Crippen LogP) is 2.87. The van der Waals surface area contributed by atoms with Crippen molar-refractivity contribution in [2.75, 3.05) is 13.2 Å². The van der Waals surface area contributed by atoms with Gasteiger partial charge in [-0.2, -0.15) is 0 Å². The molecule has 0 bridgehead atoms. The lowest BCUT2D eigenvalue weighted by Crippen LogP contribution is -1.95. The Bertz CT molecular complexity index is 206. The first-order chi connectivity index (χ1) is 6.83. The van der Waals surface area contributed by atoms with E-state index in [9.17, 15) is 4.79 Å². The van der Waals surface area contributed by atoms with Crippen molar-refractivity contribution >= 4 is 5.78 Å². The van der Waals surface area contributed by atoms with E-state index in [-0.39, 0.29) is 0 Å². The molecule has 1 aliphatic rings. The van der Waals surface area contributed by atoms with Gasteiger partial charge in [-0.1, -0.05) is 5.57 Å². The van der Waals surface area contributed by atoms with Crippen LogP contribution in [0.2, 0.25) is 0 Å². The highest BCUT2D eigenvalue weighted by molar-refractivity contribution is 5.90. The Morgan fingerprint density at radius 3 is 2.93 bits per heavy atom. The third-order valence-corrected chi connectivity index (χ3v) is 2.53. The fourth-order valence-corrected chi connectivity index (χ4v) is 1.77. The van der Waals surface area contributed by atoms with Crippen LogP contribution in [0, 0.1) is 0 Å². The van der Waals surface area contributed by atoms with Gasteiger partial charge in [-0.3, -0.25) is 4.79 Å². The van der Waals surface area contributed by atoms with E-state index < -0.39 is 0 Å². The van der Waals surface area contributed by atoms with E-state index in [0.29, 0.717) is 5.78 Å². The monoisotopic (exact) mass is 196 g/mol. The fourth-order valence-electron chi connectivity index (χ4n) is 1.77. The number of carbonyl (C=O) groups is 1. The van der Waals surface area contributed by atoms with E-state index in [2.05, 4.69) is 0 Å². The maximum absolute atomic E-state index is 11.3. The van der Waals surface area contributed by atoms with Gasteiger partial charge in [-0.25, -0.2) is 0 Å². The molecule has 0 aromatic carbocycles. The second-order valence-electron chi connectivity index (χ2n) is 3.78. The molecule has 0 N–H and O–H groups in total. The lowest BCUT2D eigenvalue weighted by molar-refractivity contribution is -0.114. The van der Waals surface area contributed by atoms with Gasteiger partial charge in [0.2, 0.25) is 0 Å². The molecular weight excluding hydrogens is 176 g/mol. The number of carbonyl (C=O) groups excluding carboxylic acids is 1. The Kier molecular flexibility index (Phi) is 5.53. The van der Waals surface area contributed by atoms with Gasteiger partial charge in [-0.05, 0) is 45.1 Å². The average molecular weight is 196 g/mol. The molecule has 0 unspecified atom stereocenters. The molecule has 0 amide bonds. The highest BCUT2D eigenvalue weighted by atomic mass is 16.5. The van der Waals surface area contributed by atoms with Gasteiger partial charge in [0.1, 0.15) is 0 Å². The van der Waals surface area contributed by atoms with Crippen molar-refractivity contribution in [2.45, 2.75) is 45.4 Å². The molecule has 0 aliphatic heterocycles. The maximum Gasteiger partial charge on any atom is 0.155 e. The molecule has 0 aromatic rings. The lowest BCUT2D eigenvalue weighted by atomic mass is 10.1. The van der Waals surface area contributed by atoms with E-state index in [1.807, 2.05) is 13.0 Å². The molecule has 2 heteroatoms. The van der Waals surface area contributed by atoms with E-state index >= 15 is 0 Å². The Morgan fingerprint density at radius 2 is 2.14 bits per heavy atom. The number of allylic oxidation sites excluding steroid dienone is 2. The maximum atomic E-state index is 11.3. The normalized spacial score (nSPS) is 17.8. The summed E-state index contributed by atoms with van der Waals surface area (Å²) in [6.07, 6.45) is 8.03. The molecule has 0 spiro atoms. The third-order valence-electron chi connectivity index (χ3n) is 2.53. The zero-order chi connectivity index (χ0) is 10.2. The topological polar surface area (TPSA) is 26.3 Å². The molecule has 14 heavy (non-hydrogen) atoms. The van der Waals surface area contributed by atoms with Crippen LogP contribution >= 0.6 is 0 Å². The number of hydrogen-bond donors (Lipinski definition) is 0. The number of ketones is 1. The minimum atomic E-state index is 0.314. The molecule has 0 heterocycles. The van der Waals surface area contributed by atoms with Gasteiger partial charge in [0.15, 0.2) is 5.78 Å². The van der Waals surface area contributed by atoms with Crippen molar-refractivity contribution in [3.8, 4) is 0 Å². The Labute approximate surface area is 86.3 Å². The second-order valence-corrected chi connectivity index (χ2v) is 3.78. The van der Waals surface area contributed by atoms with E-state index in [1.54, 1.807) is 0 Å². The summed E-state index contributed by atoms with van der Waals surface area (Å²) in [6, 6.07) is 0. The fraction of sp³-hybridized carbons (Fsp3) is 0.750. The van der Waals surface area contributed by atoms with Gasteiger partial charge >= 0.3 is 0 Å². The Morgan fingerprint density at radius 1 is 1.36 bits per heavy atom. The summed E-state index contributed by atoms with van der Waals surface area (Å²) in [5.41, 5.74) is 1.33. The molecule has 2 nitrogen and oxygen atoms in total. The number of hydrogen-bond acceptors (Lipinski definition) is 2. The molecule has 1 aliphatic carbocycles. The Balaban J connectivity index is 2.24. The number of ether oxygens (including phenoxy) is 1. The predicted molar refractivity (Wildman–Crippen MR) is 57.3 cm³/mol. The van der Waals surface area contributed by atoms with E-state index in [1.165, 1.54) is 12.0 Å². The molecule has 0 saturated heterocycles. The first-order valence-corrected chi connectivity index (χ1v) is 5.63. The van der Waals surface area contributed by atoms with Gasteiger partial charge in [0.25, 0.3) is 0 Å². The summed E-state index contributed by atoms with van der Waals surface area (Å²) in [5, 5.41) is 0. The highest BCUT2D eigenvalue weighted by Crippen LogP contribution is 2.19. The zero-order valence-corrected chi connectivity index (χ0v) is 9.05. The van der Waals surface area contributed by atoms with Crippen molar-refractivity contribution < 1.29 is 9.53 Å². The summed E-state index contributed by atoms with van der Waals surface area (Å²) in [4.78, 5) is 11.3. The summed E-state index contributed by atoms with van der Waals surface area (Å²) in [7, 11) is 0. The van der Waals surface area contributed by atoms with Gasteiger partial charge in [0, 0.05) is 19.6 Å². The molecular formula is C12H20O2. The Hall–Kier alpha value is -0.630. The highest BCUT2D eigenvalue weighted by Gasteiger charge is 2.07. The lowest BCUT2D eigenvalue weighted by Gasteiger charge is -2.04. The SMILES string of the molecule is CCOCCCC1=CC(=O)CCCC1. The van der Waals surface area contributed by atoms with Crippen LogP contribution in [-0.2, 0) is 9.53 Å². The summed E-state index contributed by atoms with van der Waals surface area (Å²) in [6.45, 7) is 3.62. The number of rotatable bonds is 5. The summed E-state index contributed by atoms with van der Waals surface area (Å²) >= 11 is 0. The van der Waals surface area contributed by atoms with Crippen LogP contribution < -0.4 is 0 Å². The van der Waals surface area contributed by atoms with Crippen LogP contribution in [0.25, 0.3) is 0 Å². The zero-order valence-electron chi connectivity index (χ0n) is 9.05. The molecule has 80 valence electrons. The first-order valence-electron chi connectivity index (χ1n) is 5.63. The smallest absolute Gasteiger partial charge is 0.155 e. The first kappa shape index (κ1) is 11.4. The van der Waals surface area contributed by atoms with Crippen LogP contribution in [0.4, 0.5) is 0 Å². The third kappa shape index (κ3) is 4.56. The largest absolute Gasteiger partial charge is 0.382 e. The van der Waals surface area contributed by atoms with Crippen molar-refractivity contribution in [1.82, 2.24) is 0 Å². The summed E-state index contributed by atoms with van der Waals surface area (Å²) in [5.74, 6) is 0.314. The van der Waals surface area contributed by atoms with E-state index in [4.69, 9.17) is 4.74 Å². The van der Waals surface area contributed by atoms with Crippen LogP contribution in [0.1, 0.15) is 45.4 Å². The van der Waals surface area contributed by atoms with Crippen molar-refractivity contribution in [1.29, 1.82) is 0 Å². The van der Waals surface area contributed by atoms with Crippen molar-refractivity contribution in [3.05, 3.63) is 11.6 Å². The molecule has 0 radical (unpaired) electrons. The van der Waals surface area contributed by atoms with Gasteiger partial charge < -0.3 is 4.74 Å². The molecule has 0 fully saturated rings. The van der Waals surface area contributed by atoms with E-state index in [0.717, 1.165) is 45.3 Å².